The van der Waals surface area contributed by atoms with Crippen LogP contribution in [0, 0.1) is 12.8 Å². The molecule has 36 heavy (non-hydrogen) atoms. The third kappa shape index (κ3) is 5.01. The number of nitrogens with zero attached hydrogens (tertiary/aromatic N) is 3. The van der Waals surface area contributed by atoms with Crippen molar-refractivity contribution in [2.75, 3.05) is 24.5 Å². The zero-order valence-electron chi connectivity index (χ0n) is 20.1. The Morgan fingerprint density at radius 3 is 2.64 bits per heavy atom. The maximum atomic E-state index is 13.3. The van der Waals surface area contributed by atoms with Gasteiger partial charge in [0, 0.05) is 36.5 Å². The van der Waals surface area contributed by atoms with E-state index in [4.69, 9.17) is 22.9 Å². The molecule has 184 valence electrons. The summed E-state index contributed by atoms with van der Waals surface area (Å²) in [5.41, 5.74) is 9.64. The van der Waals surface area contributed by atoms with Gasteiger partial charge in [0.25, 0.3) is 5.91 Å². The minimum absolute atomic E-state index is 0.0661. The van der Waals surface area contributed by atoms with Gasteiger partial charge in [0.15, 0.2) is 0 Å². The normalized spacial score (nSPS) is 18.0. The minimum atomic E-state index is -0.239. The van der Waals surface area contributed by atoms with E-state index in [9.17, 15) is 9.59 Å². The molecule has 0 aliphatic carbocycles. The monoisotopic (exact) mass is 516 g/mol. The number of rotatable bonds is 6. The number of hydrogen-bond donors (Lipinski definition) is 1. The summed E-state index contributed by atoms with van der Waals surface area (Å²) in [5.74, 6) is 0.419. The van der Waals surface area contributed by atoms with Crippen LogP contribution in [-0.4, -0.2) is 45.7 Å². The molecule has 0 radical (unpaired) electrons. The number of pyridine rings is 1. The summed E-state index contributed by atoms with van der Waals surface area (Å²) < 4.78 is 0.579. The largest absolute Gasteiger partial charge is 0.369 e. The fourth-order valence-corrected chi connectivity index (χ4v) is 6.11. The first kappa shape index (κ1) is 24.5. The summed E-state index contributed by atoms with van der Waals surface area (Å²) in [4.78, 5) is 34.6. The van der Waals surface area contributed by atoms with Crippen LogP contribution in [0.2, 0.25) is 0 Å². The Morgan fingerprint density at radius 2 is 1.92 bits per heavy atom. The first-order valence-electron chi connectivity index (χ1n) is 12.1. The van der Waals surface area contributed by atoms with Crippen LogP contribution >= 0.6 is 24.0 Å². The van der Waals surface area contributed by atoms with Crippen molar-refractivity contribution in [2.45, 2.75) is 26.2 Å². The predicted octanol–water partition coefficient (Wildman–Crippen LogP) is 4.69. The van der Waals surface area contributed by atoms with Crippen LogP contribution in [0.4, 0.5) is 5.82 Å². The molecule has 2 fully saturated rings. The van der Waals surface area contributed by atoms with Crippen LogP contribution in [0.5, 0.6) is 0 Å². The molecule has 6 nitrogen and oxygen atoms in total. The number of fused-ring (bicyclic) bond motifs is 1. The smallest absolute Gasteiger partial charge is 0.266 e. The van der Waals surface area contributed by atoms with Crippen molar-refractivity contribution < 1.29 is 9.59 Å². The molecule has 2 aliphatic rings. The average Bonchev–Trinajstić information content (AvgIpc) is 3.15. The molecule has 0 spiro atoms. The third-order valence-corrected chi connectivity index (χ3v) is 8.26. The van der Waals surface area contributed by atoms with Crippen molar-refractivity contribution in [1.29, 1.82) is 0 Å². The number of thioether (sulfide) groups is 1. The highest BCUT2D eigenvalue weighted by atomic mass is 32.2. The van der Waals surface area contributed by atoms with E-state index in [1.807, 2.05) is 36.4 Å². The van der Waals surface area contributed by atoms with Gasteiger partial charge in [-0.2, -0.15) is 0 Å². The second kappa shape index (κ2) is 10.4. The number of amides is 2. The van der Waals surface area contributed by atoms with Crippen LogP contribution in [0.1, 0.15) is 29.5 Å². The minimum Gasteiger partial charge on any atom is -0.369 e. The number of carbonyl (C=O) groups is 2. The Balaban J connectivity index is 1.45. The average molecular weight is 517 g/mol. The van der Waals surface area contributed by atoms with E-state index in [1.165, 1.54) is 17.3 Å². The molecule has 2 amide bonds. The summed E-state index contributed by atoms with van der Waals surface area (Å²) in [7, 11) is 0. The Hall–Kier alpha value is -3.23. The van der Waals surface area contributed by atoms with Gasteiger partial charge in [-0.25, -0.2) is 4.98 Å². The molecule has 2 aliphatic heterocycles. The number of aryl methyl sites for hydroxylation is 1. The standard InChI is InChI=1S/C28H28N4O2S2/c1-18-6-5-9-21-16-22(26(30-24(18)21)31-13-11-20(12-14-31)25(29)33)17-23-27(34)32(28(35)36-23)15-10-19-7-3-2-4-8-19/h2-9,16-17,20H,10-15H2,1H3,(H2,29,33)/b23-17-. The molecule has 3 aromatic rings. The number of carbonyl (C=O) groups excluding carboxylic acids is 2. The van der Waals surface area contributed by atoms with E-state index < -0.39 is 0 Å². The van der Waals surface area contributed by atoms with Crippen LogP contribution in [0.3, 0.4) is 0 Å². The molecule has 0 unspecified atom stereocenters. The van der Waals surface area contributed by atoms with Gasteiger partial charge in [-0.1, -0.05) is 72.5 Å². The number of thiocarbonyl (C=S) groups is 1. The van der Waals surface area contributed by atoms with Gasteiger partial charge in [-0.05, 0) is 49.5 Å². The van der Waals surface area contributed by atoms with Crippen molar-refractivity contribution in [3.8, 4) is 0 Å². The van der Waals surface area contributed by atoms with Crippen LogP contribution in [0.25, 0.3) is 17.0 Å². The number of piperidine rings is 1. The Morgan fingerprint density at radius 1 is 1.17 bits per heavy atom. The molecule has 0 bridgehead atoms. The molecule has 2 N–H and O–H groups in total. The zero-order valence-corrected chi connectivity index (χ0v) is 21.8. The Bertz CT molecular complexity index is 1360. The van der Waals surface area contributed by atoms with Crippen molar-refractivity contribution in [3.05, 3.63) is 76.2 Å². The molecular formula is C28H28N4O2S2. The number of hydrogen-bond acceptors (Lipinski definition) is 6. The number of nitrogens with two attached hydrogens (primary N) is 1. The predicted molar refractivity (Wildman–Crippen MR) is 151 cm³/mol. The highest BCUT2D eigenvalue weighted by Gasteiger charge is 2.32. The van der Waals surface area contributed by atoms with E-state index in [-0.39, 0.29) is 17.7 Å². The SMILES string of the molecule is Cc1cccc2cc(/C=C3\SC(=S)N(CCc4ccccc4)C3=O)c(N3CCC(C(N)=O)CC3)nc12. The van der Waals surface area contributed by atoms with Gasteiger partial charge in [0.1, 0.15) is 10.1 Å². The molecule has 0 atom stereocenters. The van der Waals surface area contributed by atoms with Crippen LogP contribution in [0.15, 0.2) is 59.5 Å². The van der Waals surface area contributed by atoms with Crippen LogP contribution in [-0.2, 0) is 16.0 Å². The molecule has 2 saturated heterocycles. The third-order valence-electron chi connectivity index (χ3n) is 6.88. The lowest BCUT2D eigenvalue weighted by molar-refractivity contribution is -0.123. The number of anilines is 1. The second-order valence-electron chi connectivity index (χ2n) is 9.28. The molecule has 2 aromatic carbocycles. The highest BCUT2D eigenvalue weighted by molar-refractivity contribution is 8.26. The summed E-state index contributed by atoms with van der Waals surface area (Å²) in [5, 5.41) is 1.02. The topological polar surface area (TPSA) is 79.5 Å². The quantitative estimate of drug-likeness (QED) is 0.378. The fourth-order valence-electron chi connectivity index (χ4n) is 4.81. The summed E-state index contributed by atoms with van der Waals surface area (Å²) in [6, 6.07) is 18.3. The number of aromatic nitrogens is 1. The van der Waals surface area contributed by atoms with Crippen molar-refractivity contribution >= 4 is 62.9 Å². The van der Waals surface area contributed by atoms with Gasteiger partial charge in [-0.3, -0.25) is 14.5 Å². The lowest BCUT2D eigenvalue weighted by Gasteiger charge is -2.32. The number of benzene rings is 2. The van der Waals surface area contributed by atoms with E-state index in [0.717, 1.165) is 34.3 Å². The number of primary amides is 1. The Kier molecular flexibility index (Phi) is 7.07. The van der Waals surface area contributed by atoms with E-state index in [2.05, 4.69) is 36.1 Å². The summed E-state index contributed by atoms with van der Waals surface area (Å²) in [6.07, 6.45) is 4.07. The lowest BCUT2D eigenvalue weighted by Crippen LogP contribution is -2.39. The van der Waals surface area contributed by atoms with Gasteiger partial charge in [-0.15, -0.1) is 0 Å². The first-order chi connectivity index (χ1) is 17.4. The van der Waals surface area contributed by atoms with Crippen molar-refractivity contribution in [2.24, 2.45) is 11.7 Å². The van der Waals surface area contributed by atoms with E-state index in [0.29, 0.717) is 41.7 Å². The zero-order chi connectivity index (χ0) is 25.2. The summed E-state index contributed by atoms with van der Waals surface area (Å²) >= 11 is 6.91. The highest BCUT2D eigenvalue weighted by Crippen LogP contribution is 2.36. The number of para-hydroxylation sites is 1. The molecule has 3 heterocycles. The fraction of sp³-hybridized carbons (Fsp3) is 0.286. The van der Waals surface area contributed by atoms with Gasteiger partial charge >= 0.3 is 0 Å². The summed E-state index contributed by atoms with van der Waals surface area (Å²) in [6.45, 7) is 3.98. The molecule has 0 saturated carbocycles. The Labute approximate surface area is 220 Å². The molecule has 8 heteroatoms. The van der Waals surface area contributed by atoms with E-state index >= 15 is 0 Å². The molecular weight excluding hydrogens is 488 g/mol. The molecule has 5 rings (SSSR count). The van der Waals surface area contributed by atoms with Gasteiger partial charge < -0.3 is 10.6 Å². The maximum absolute atomic E-state index is 13.3. The lowest BCUT2D eigenvalue weighted by atomic mass is 9.96. The van der Waals surface area contributed by atoms with E-state index in [1.54, 1.807) is 4.90 Å². The van der Waals surface area contributed by atoms with Gasteiger partial charge in [0.05, 0.1) is 10.4 Å². The molecule has 1 aromatic heterocycles. The van der Waals surface area contributed by atoms with Crippen LogP contribution < -0.4 is 10.6 Å². The van der Waals surface area contributed by atoms with Gasteiger partial charge in [0.2, 0.25) is 5.91 Å². The van der Waals surface area contributed by atoms with Crippen molar-refractivity contribution in [3.63, 3.8) is 0 Å². The first-order valence-corrected chi connectivity index (χ1v) is 13.4. The second-order valence-corrected chi connectivity index (χ2v) is 11.0. The maximum Gasteiger partial charge on any atom is 0.266 e. The van der Waals surface area contributed by atoms with Crippen molar-refractivity contribution in [1.82, 2.24) is 9.88 Å².